The minimum Gasteiger partial charge on any atom is -0.305 e. The number of halogens is 1. The molecule has 0 radical (unpaired) electrons. The number of rotatable bonds is 2. The molecule has 0 aliphatic rings. The molecule has 108 valence electrons. The minimum absolute atomic E-state index is 0.149. The van der Waals surface area contributed by atoms with E-state index in [1.807, 2.05) is 22.9 Å². The number of hydrogen-bond donors (Lipinski definition) is 1. The third-order valence-electron chi connectivity index (χ3n) is 3.31. The van der Waals surface area contributed by atoms with Crippen molar-refractivity contribution in [2.24, 2.45) is 0 Å². The lowest BCUT2D eigenvalue weighted by molar-refractivity contribution is 0.628. The average Bonchev–Trinajstić information content (AvgIpc) is 3.17. The fraction of sp³-hybridized carbons (Fsp3) is 0. The molecule has 0 atom stereocenters. The van der Waals surface area contributed by atoms with Gasteiger partial charge < -0.3 is 4.98 Å². The highest BCUT2D eigenvalue weighted by molar-refractivity contribution is 7.22. The number of hydrogen-bond acceptors (Lipinski definition) is 4. The van der Waals surface area contributed by atoms with Crippen LogP contribution in [0.25, 0.3) is 32.0 Å². The Morgan fingerprint density at radius 3 is 2.64 bits per heavy atom. The summed E-state index contributed by atoms with van der Waals surface area (Å²) in [6, 6.07) is 10.0. The highest BCUT2D eigenvalue weighted by Gasteiger charge is 2.11. The predicted molar refractivity (Wildman–Crippen MR) is 88.9 cm³/mol. The minimum atomic E-state index is -0.277. The van der Waals surface area contributed by atoms with Gasteiger partial charge in [-0.2, -0.15) is 11.3 Å². The fourth-order valence-electron chi connectivity index (χ4n) is 2.23. The lowest BCUT2D eigenvalue weighted by Crippen LogP contribution is -2.07. The first-order valence-corrected chi connectivity index (χ1v) is 8.29. The van der Waals surface area contributed by atoms with Gasteiger partial charge in [0.15, 0.2) is 0 Å². The summed E-state index contributed by atoms with van der Waals surface area (Å²) in [6.07, 6.45) is 0. The predicted octanol–water partition coefficient (Wildman–Crippen LogP) is 4.52. The number of thiophene rings is 2. The first-order valence-electron chi connectivity index (χ1n) is 6.53. The molecule has 1 aromatic carbocycles. The number of aromatic amines is 1. The van der Waals surface area contributed by atoms with Crippen molar-refractivity contribution in [1.82, 2.24) is 9.97 Å². The van der Waals surface area contributed by atoms with Gasteiger partial charge in [0.05, 0.1) is 5.52 Å². The second-order valence-electron chi connectivity index (χ2n) is 4.76. The van der Waals surface area contributed by atoms with Gasteiger partial charge in [-0.15, -0.1) is 11.3 Å². The van der Waals surface area contributed by atoms with Gasteiger partial charge in [-0.1, -0.05) is 12.1 Å². The molecule has 0 aliphatic carbocycles. The van der Waals surface area contributed by atoms with Crippen molar-refractivity contribution in [3.63, 3.8) is 0 Å². The van der Waals surface area contributed by atoms with Crippen LogP contribution in [0, 0.1) is 5.82 Å². The Balaban J connectivity index is 1.89. The van der Waals surface area contributed by atoms with E-state index in [-0.39, 0.29) is 11.4 Å². The van der Waals surface area contributed by atoms with Gasteiger partial charge in [-0.05, 0) is 35.2 Å². The molecule has 4 rings (SSSR count). The Hall–Kier alpha value is -2.31. The van der Waals surface area contributed by atoms with Gasteiger partial charge >= 0.3 is 0 Å². The zero-order valence-corrected chi connectivity index (χ0v) is 12.8. The van der Waals surface area contributed by atoms with Crippen LogP contribution in [0.1, 0.15) is 0 Å². The summed E-state index contributed by atoms with van der Waals surface area (Å²) in [5.74, 6) is 0.294. The van der Waals surface area contributed by atoms with Crippen LogP contribution in [0.3, 0.4) is 0 Å². The van der Waals surface area contributed by atoms with Crippen LogP contribution in [0.4, 0.5) is 4.39 Å². The molecule has 0 fully saturated rings. The number of benzene rings is 1. The van der Waals surface area contributed by atoms with E-state index in [4.69, 9.17) is 0 Å². The second-order valence-corrected chi connectivity index (χ2v) is 6.59. The molecule has 0 saturated heterocycles. The van der Waals surface area contributed by atoms with Gasteiger partial charge in [0.2, 0.25) is 0 Å². The maximum Gasteiger partial charge on any atom is 0.269 e. The monoisotopic (exact) mass is 328 g/mol. The largest absolute Gasteiger partial charge is 0.305 e. The van der Waals surface area contributed by atoms with Crippen LogP contribution in [-0.2, 0) is 0 Å². The normalized spacial score (nSPS) is 11.1. The number of aromatic nitrogens is 2. The summed E-state index contributed by atoms with van der Waals surface area (Å²) in [6.45, 7) is 0. The Kier molecular flexibility index (Phi) is 3.13. The van der Waals surface area contributed by atoms with E-state index in [9.17, 15) is 9.18 Å². The second kappa shape index (κ2) is 5.15. The lowest BCUT2D eigenvalue weighted by Gasteiger charge is -1.96. The number of H-pyrrole nitrogens is 1. The highest BCUT2D eigenvalue weighted by Crippen LogP contribution is 2.31. The average molecular weight is 328 g/mol. The van der Waals surface area contributed by atoms with Gasteiger partial charge in [-0.3, -0.25) is 4.79 Å². The standard InChI is InChI=1S/C16H9FN2OS2/c17-11-3-1-9(2-4-11)13-7-12-14(22-13)16(20)19-15(18-12)10-5-6-21-8-10/h1-8H,(H,18,19,20). The van der Waals surface area contributed by atoms with E-state index >= 15 is 0 Å². The molecule has 4 aromatic rings. The van der Waals surface area contributed by atoms with E-state index in [0.717, 1.165) is 16.0 Å². The smallest absolute Gasteiger partial charge is 0.269 e. The molecule has 3 heterocycles. The molecule has 0 amide bonds. The molecule has 0 spiro atoms. The van der Waals surface area contributed by atoms with Crippen molar-refractivity contribution in [2.45, 2.75) is 0 Å². The summed E-state index contributed by atoms with van der Waals surface area (Å²) < 4.78 is 13.6. The van der Waals surface area contributed by atoms with Crippen molar-refractivity contribution in [3.8, 4) is 21.8 Å². The van der Waals surface area contributed by atoms with E-state index < -0.39 is 0 Å². The molecule has 1 N–H and O–H groups in total. The van der Waals surface area contributed by atoms with E-state index in [0.29, 0.717) is 16.0 Å². The SMILES string of the molecule is O=c1[nH]c(-c2ccsc2)nc2cc(-c3ccc(F)cc3)sc12. The van der Waals surface area contributed by atoms with E-state index in [2.05, 4.69) is 9.97 Å². The molecule has 22 heavy (non-hydrogen) atoms. The molecule has 0 saturated carbocycles. The maximum atomic E-state index is 13.0. The molecule has 0 bridgehead atoms. The number of nitrogens with one attached hydrogen (secondary N) is 1. The summed E-state index contributed by atoms with van der Waals surface area (Å²) in [5.41, 5.74) is 2.29. The molecular weight excluding hydrogens is 319 g/mol. The van der Waals surface area contributed by atoms with Crippen molar-refractivity contribution >= 4 is 32.9 Å². The summed E-state index contributed by atoms with van der Waals surface area (Å²) >= 11 is 2.92. The molecule has 0 aliphatic heterocycles. The van der Waals surface area contributed by atoms with Crippen molar-refractivity contribution in [2.75, 3.05) is 0 Å². The zero-order valence-electron chi connectivity index (χ0n) is 11.2. The molecule has 3 aromatic heterocycles. The maximum absolute atomic E-state index is 13.0. The number of nitrogens with zero attached hydrogens (tertiary/aromatic N) is 1. The van der Waals surface area contributed by atoms with Gasteiger partial charge in [0.1, 0.15) is 16.3 Å². The molecule has 3 nitrogen and oxygen atoms in total. The van der Waals surface area contributed by atoms with Crippen molar-refractivity contribution in [1.29, 1.82) is 0 Å². The fourth-order valence-corrected chi connectivity index (χ4v) is 3.87. The summed E-state index contributed by atoms with van der Waals surface area (Å²) in [5, 5.41) is 3.88. The summed E-state index contributed by atoms with van der Waals surface area (Å²) in [7, 11) is 0. The third kappa shape index (κ3) is 2.26. The zero-order chi connectivity index (χ0) is 15.1. The Morgan fingerprint density at radius 1 is 1.09 bits per heavy atom. The lowest BCUT2D eigenvalue weighted by atomic mass is 10.2. The quantitative estimate of drug-likeness (QED) is 0.588. The Morgan fingerprint density at radius 2 is 1.91 bits per heavy atom. The highest BCUT2D eigenvalue weighted by atomic mass is 32.1. The van der Waals surface area contributed by atoms with Gasteiger partial charge in [0.25, 0.3) is 5.56 Å². The van der Waals surface area contributed by atoms with Crippen LogP contribution in [-0.4, -0.2) is 9.97 Å². The van der Waals surface area contributed by atoms with Gasteiger partial charge in [-0.25, -0.2) is 9.37 Å². The topological polar surface area (TPSA) is 45.8 Å². The van der Waals surface area contributed by atoms with Crippen LogP contribution >= 0.6 is 22.7 Å². The Labute approximate surface area is 132 Å². The van der Waals surface area contributed by atoms with Crippen LogP contribution in [0.15, 0.2) is 52.0 Å². The number of fused-ring (bicyclic) bond motifs is 1. The molecule has 0 unspecified atom stereocenters. The first kappa shape index (κ1) is 13.4. The van der Waals surface area contributed by atoms with Crippen LogP contribution < -0.4 is 5.56 Å². The first-order chi connectivity index (χ1) is 10.7. The van der Waals surface area contributed by atoms with Crippen molar-refractivity contribution in [3.05, 3.63) is 63.3 Å². The van der Waals surface area contributed by atoms with Crippen LogP contribution in [0.2, 0.25) is 0 Å². The van der Waals surface area contributed by atoms with E-state index in [1.165, 1.54) is 23.5 Å². The van der Waals surface area contributed by atoms with Crippen molar-refractivity contribution < 1.29 is 4.39 Å². The molecule has 6 heteroatoms. The van der Waals surface area contributed by atoms with Crippen LogP contribution in [0.5, 0.6) is 0 Å². The molecular formula is C16H9FN2OS2. The van der Waals surface area contributed by atoms with Gasteiger partial charge in [0, 0.05) is 15.8 Å². The Bertz CT molecular complexity index is 1000. The van der Waals surface area contributed by atoms with E-state index in [1.54, 1.807) is 23.5 Å². The summed E-state index contributed by atoms with van der Waals surface area (Å²) in [4.78, 5) is 20.5. The third-order valence-corrected chi connectivity index (χ3v) is 5.16.